The third-order valence-electron chi connectivity index (χ3n) is 5.87. The number of nitrogens with zero attached hydrogens (tertiary/aromatic N) is 2. The Balaban J connectivity index is 1.59. The van der Waals surface area contributed by atoms with Gasteiger partial charge in [-0.1, -0.05) is 48.2 Å². The Morgan fingerprint density at radius 2 is 1.74 bits per heavy atom. The number of amides is 1. The molecule has 2 aromatic heterocycles. The molecule has 7 heteroatoms. The fraction of sp³-hybridized carbons (Fsp3) is 0.148. The van der Waals surface area contributed by atoms with E-state index in [0.29, 0.717) is 21.9 Å². The largest absolute Gasteiger partial charge is 0.448 e. The van der Waals surface area contributed by atoms with E-state index in [4.69, 9.17) is 9.40 Å². The molecule has 0 saturated carbocycles. The van der Waals surface area contributed by atoms with Crippen LogP contribution in [-0.2, 0) is 4.79 Å². The zero-order chi connectivity index (χ0) is 23.8. The van der Waals surface area contributed by atoms with Crippen molar-refractivity contribution in [2.24, 2.45) is 0 Å². The number of hydrogen-bond donors (Lipinski definition) is 1. The van der Waals surface area contributed by atoms with Crippen LogP contribution in [0.25, 0.3) is 27.8 Å². The number of benzene rings is 3. The normalized spacial score (nSPS) is 11.3. The molecule has 0 saturated heterocycles. The van der Waals surface area contributed by atoms with E-state index in [1.54, 1.807) is 0 Å². The summed E-state index contributed by atoms with van der Waals surface area (Å²) >= 11 is 1.22. The van der Waals surface area contributed by atoms with Gasteiger partial charge in [0.2, 0.25) is 11.5 Å². The van der Waals surface area contributed by atoms with Gasteiger partial charge in [0.15, 0.2) is 5.16 Å². The highest BCUT2D eigenvalue weighted by atomic mass is 32.2. The molecule has 3 aromatic carbocycles. The van der Waals surface area contributed by atoms with E-state index >= 15 is 0 Å². The number of hydrogen-bond acceptors (Lipinski definition) is 5. The summed E-state index contributed by atoms with van der Waals surface area (Å²) in [5, 5.41) is 4.15. The number of carbonyl (C=O) groups is 1. The number of aryl methyl sites for hydroxylation is 3. The second-order valence-corrected chi connectivity index (χ2v) is 9.17. The summed E-state index contributed by atoms with van der Waals surface area (Å²) in [5.74, 6) is -0.0651. The van der Waals surface area contributed by atoms with E-state index in [1.807, 2.05) is 87.5 Å². The molecule has 1 N–H and O–H groups in total. The number of rotatable bonds is 5. The molecule has 5 rings (SSSR count). The predicted molar refractivity (Wildman–Crippen MR) is 137 cm³/mol. The maximum Gasteiger partial charge on any atom is 0.302 e. The summed E-state index contributed by atoms with van der Waals surface area (Å²) in [6.07, 6.45) is 0. The van der Waals surface area contributed by atoms with Crippen LogP contribution in [0.2, 0.25) is 0 Å². The minimum atomic E-state index is -0.300. The maximum atomic E-state index is 13.6. The second-order valence-electron chi connectivity index (χ2n) is 8.23. The van der Waals surface area contributed by atoms with Crippen LogP contribution in [0.1, 0.15) is 16.7 Å². The molecule has 0 fully saturated rings. The lowest BCUT2D eigenvalue weighted by Crippen LogP contribution is -2.22. The van der Waals surface area contributed by atoms with E-state index in [1.165, 1.54) is 16.3 Å². The summed E-state index contributed by atoms with van der Waals surface area (Å²) in [6, 6.07) is 20.9. The van der Waals surface area contributed by atoms with Crippen molar-refractivity contribution >= 4 is 45.4 Å². The van der Waals surface area contributed by atoms with Crippen molar-refractivity contribution < 1.29 is 9.21 Å². The number of carbonyl (C=O) groups excluding carboxylic acids is 1. The number of anilines is 1. The summed E-state index contributed by atoms with van der Waals surface area (Å²) in [6.45, 7) is 5.97. The molecule has 0 radical (unpaired) electrons. The molecular formula is C27H23N3O3S. The van der Waals surface area contributed by atoms with Gasteiger partial charge in [-0.05, 0) is 67.8 Å². The van der Waals surface area contributed by atoms with Gasteiger partial charge < -0.3 is 9.73 Å². The van der Waals surface area contributed by atoms with E-state index < -0.39 is 0 Å². The van der Waals surface area contributed by atoms with Gasteiger partial charge in [-0.2, -0.15) is 0 Å². The molecule has 2 heterocycles. The molecule has 0 aliphatic rings. The first-order valence-electron chi connectivity index (χ1n) is 10.9. The van der Waals surface area contributed by atoms with Gasteiger partial charge in [0.1, 0.15) is 11.1 Å². The third kappa shape index (κ3) is 3.99. The van der Waals surface area contributed by atoms with Crippen LogP contribution in [0.15, 0.2) is 81.1 Å². The zero-order valence-corrected chi connectivity index (χ0v) is 19.9. The molecule has 5 aromatic rings. The monoisotopic (exact) mass is 469 g/mol. The highest BCUT2D eigenvalue weighted by molar-refractivity contribution is 7.99. The van der Waals surface area contributed by atoms with Crippen LogP contribution in [0.5, 0.6) is 0 Å². The van der Waals surface area contributed by atoms with Crippen molar-refractivity contribution in [3.8, 4) is 5.69 Å². The minimum Gasteiger partial charge on any atom is -0.448 e. The number of nitrogens with one attached hydrogen (secondary N) is 1. The lowest BCUT2D eigenvalue weighted by Gasteiger charge is -2.13. The first-order chi connectivity index (χ1) is 16.4. The molecule has 0 spiro atoms. The quantitative estimate of drug-likeness (QED) is 0.260. The molecule has 0 atom stereocenters. The number of aromatic nitrogens is 2. The summed E-state index contributed by atoms with van der Waals surface area (Å²) in [5.41, 5.74) is 5.63. The van der Waals surface area contributed by atoms with Crippen molar-refractivity contribution in [3.05, 3.63) is 93.8 Å². The lowest BCUT2D eigenvalue weighted by atomic mass is 10.1. The second kappa shape index (κ2) is 8.83. The minimum absolute atomic E-state index is 0.104. The Bertz CT molecular complexity index is 1620. The average molecular weight is 470 g/mol. The van der Waals surface area contributed by atoms with Gasteiger partial charge in [-0.25, -0.2) is 4.98 Å². The molecule has 170 valence electrons. The Morgan fingerprint density at radius 1 is 0.971 bits per heavy atom. The van der Waals surface area contributed by atoms with Crippen molar-refractivity contribution in [1.82, 2.24) is 9.55 Å². The van der Waals surface area contributed by atoms with Gasteiger partial charge in [0.25, 0.3) is 0 Å². The fourth-order valence-corrected chi connectivity index (χ4v) is 4.65. The summed E-state index contributed by atoms with van der Waals surface area (Å²) in [7, 11) is 0. The fourth-order valence-electron chi connectivity index (χ4n) is 3.84. The predicted octanol–water partition coefficient (Wildman–Crippen LogP) is 5.79. The SMILES string of the molecule is Cc1ccc(-n2c(SCC(=O)Nc3ccccc3C)nc3c(oc4ccccc43)c2=O)cc1C. The third-order valence-corrected chi connectivity index (χ3v) is 6.80. The summed E-state index contributed by atoms with van der Waals surface area (Å²) < 4.78 is 7.42. The molecule has 34 heavy (non-hydrogen) atoms. The Kier molecular flexibility index (Phi) is 5.71. The first-order valence-corrected chi connectivity index (χ1v) is 11.9. The van der Waals surface area contributed by atoms with Crippen molar-refractivity contribution in [2.45, 2.75) is 25.9 Å². The average Bonchev–Trinajstić information content (AvgIpc) is 3.20. The topological polar surface area (TPSA) is 77.1 Å². The van der Waals surface area contributed by atoms with Crippen molar-refractivity contribution in [3.63, 3.8) is 0 Å². The number of fused-ring (bicyclic) bond motifs is 3. The highest BCUT2D eigenvalue weighted by Gasteiger charge is 2.20. The molecule has 0 aliphatic heterocycles. The Morgan fingerprint density at radius 3 is 2.53 bits per heavy atom. The number of para-hydroxylation sites is 2. The van der Waals surface area contributed by atoms with Gasteiger partial charge in [0, 0.05) is 11.1 Å². The smallest absolute Gasteiger partial charge is 0.302 e. The molecule has 6 nitrogen and oxygen atoms in total. The van der Waals surface area contributed by atoms with Gasteiger partial charge in [0.05, 0.1) is 11.4 Å². The van der Waals surface area contributed by atoms with Crippen LogP contribution in [-0.4, -0.2) is 21.2 Å². The molecule has 1 amide bonds. The van der Waals surface area contributed by atoms with Crippen LogP contribution < -0.4 is 10.9 Å². The molecular weight excluding hydrogens is 446 g/mol. The van der Waals surface area contributed by atoms with Gasteiger partial charge in [-0.15, -0.1) is 0 Å². The van der Waals surface area contributed by atoms with E-state index in [-0.39, 0.29) is 22.8 Å². The van der Waals surface area contributed by atoms with Crippen molar-refractivity contribution in [2.75, 3.05) is 11.1 Å². The maximum absolute atomic E-state index is 13.6. The number of thioether (sulfide) groups is 1. The highest BCUT2D eigenvalue weighted by Crippen LogP contribution is 2.29. The zero-order valence-electron chi connectivity index (χ0n) is 19.1. The Labute approximate surface area is 200 Å². The standard InChI is InChI=1S/C27H23N3O3S/c1-16-12-13-19(14-18(16)3)30-26(32)25-24(20-9-5-7-11-22(20)33-25)29-27(30)34-15-23(31)28-21-10-6-4-8-17(21)2/h4-14H,15H2,1-3H3,(H,28,31). The van der Waals surface area contributed by atoms with E-state index in [2.05, 4.69) is 5.32 Å². The Hall–Kier alpha value is -3.84. The van der Waals surface area contributed by atoms with Gasteiger partial charge >= 0.3 is 5.56 Å². The van der Waals surface area contributed by atoms with E-state index in [0.717, 1.165) is 27.8 Å². The van der Waals surface area contributed by atoms with Crippen molar-refractivity contribution in [1.29, 1.82) is 0 Å². The van der Waals surface area contributed by atoms with E-state index in [9.17, 15) is 9.59 Å². The van der Waals surface area contributed by atoms with Crippen LogP contribution >= 0.6 is 11.8 Å². The van der Waals surface area contributed by atoms with Crippen LogP contribution in [0.4, 0.5) is 5.69 Å². The lowest BCUT2D eigenvalue weighted by molar-refractivity contribution is -0.113. The molecule has 0 aliphatic carbocycles. The molecule has 0 bridgehead atoms. The van der Waals surface area contributed by atoms with Crippen LogP contribution in [0, 0.1) is 20.8 Å². The van der Waals surface area contributed by atoms with Crippen LogP contribution in [0.3, 0.4) is 0 Å². The molecule has 0 unspecified atom stereocenters. The summed E-state index contributed by atoms with van der Waals surface area (Å²) in [4.78, 5) is 31.1. The first kappa shape index (κ1) is 22.0. The number of furan rings is 1. The van der Waals surface area contributed by atoms with Gasteiger partial charge in [-0.3, -0.25) is 14.2 Å².